The van der Waals surface area contributed by atoms with Gasteiger partial charge in [0.1, 0.15) is 0 Å². The highest BCUT2D eigenvalue weighted by atomic mass is 16.2. The molecule has 0 aromatic rings. The number of nitrogens with two attached hydrogens (primary N) is 2. The minimum absolute atomic E-state index is 0.117. The monoisotopic (exact) mass is 325 g/mol. The number of rotatable bonds is 8. The van der Waals surface area contributed by atoms with Crippen LogP contribution in [0.4, 0.5) is 0 Å². The summed E-state index contributed by atoms with van der Waals surface area (Å²) in [5.74, 6) is 0.877. The molecule has 7 heteroatoms. The summed E-state index contributed by atoms with van der Waals surface area (Å²) in [6.45, 7) is 7.32. The van der Waals surface area contributed by atoms with E-state index >= 15 is 0 Å². The average molecular weight is 325 g/mol. The highest BCUT2D eigenvalue weighted by Crippen LogP contribution is 2.10. The predicted octanol–water partition coefficient (Wildman–Crippen LogP) is 0.537. The highest BCUT2D eigenvalue weighted by Gasteiger charge is 2.23. The number of nitrogens with zero attached hydrogens (tertiary/aromatic N) is 3. The molecule has 0 unspecified atom stereocenters. The fraction of sp³-hybridized carbons (Fsp3) is 0.812. The van der Waals surface area contributed by atoms with E-state index in [1.807, 2.05) is 23.6 Å². The molecular formula is C16H31N5O2. The van der Waals surface area contributed by atoms with E-state index in [2.05, 4.69) is 4.99 Å². The van der Waals surface area contributed by atoms with Gasteiger partial charge in [0.2, 0.25) is 11.8 Å². The molecule has 0 spiro atoms. The van der Waals surface area contributed by atoms with Gasteiger partial charge < -0.3 is 21.3 Å². The number of carbonyl (C=O) groups excluding carboxylic acids is 2. The predicted molar refractivity (Wildman–Crippen MR) is 91.8 cm³/mol. The van der Waals surface area contributed by atoms with Crippen molar-refractivity contribution in [3.63, 3.8) is 0 Å². The third kappa shape index (κ3) is 7.85. The van der Waals surface area contributed by atoms with E-state index in [9.17, 15) is 9.59 Å². The van der Waals surface area contributed by atoms with Crippen LogP contribution in [0.15, 0.2) is 4.99 Å². The molecule has 0 atom stereocenters. The summed E-state index contributed by atoms with van der Waals surface area (Å²) in [5, 5.41) is 0. The van der Waals surface area contributed by atoms with Crippen molar-refractivity contribution in [2.45, 2.75) is 46.0 Å². The number of unbranched alkanes of at least 4 members (excludes halogenated alkanes) is 2. The number of hydrogen-bond donors (Lipinski definition) is 2. The summed E-state index contributed by atoms with van der Waals surface area (Å²) in [5.41, 5.74) is 10.5. The first-order chi connectivity index (χ1) is 10.9. The number of guanidine groups is 1. The summed E-state index contributed by atoms with van der Waals surface area (Å²) in [6, 6.07) is 0. The molecule has 0 saturated carbocycles. The number of hydrogen-bond acceptors (Lipinski definition) is 3. The number of aliphatic imine (C=N–C) groups is 1. The Bertz CT molecular complexity index is 411. The van der Waals surface area contributed by atoms with Crippen molar-refractivity contribution in [1.29, 1.82) is 0 Å². The van der Waals surface area contributed by atoms with E-state index in [1.165, 1.54) is 0 Å². The average Bonchev–Trinajstić information content (AvgIpc) is 2.49. The van der Waals surface area contributed by atoms with E-state index in [-0.39, 0.29) is 17.8 Å². The maximum absolute atomic E-state index is 12.1. The normalized spacial score (nSPS) is 14.9. The van der Waals surface area contributed by atoms with Gasteiger partial charge in [-0.2, -0.15) is 0 Å². The zero-order valence-electron chi connectivity index (χ0n) is 14.5. The van der Waals surface area contributed by atoms with Gasteiger partial charge in [-0.05, 0) is 18.8 Å². The summed E-state index contributed by atoms with van der Waals surface area (Å²) >= 11 is 0. The molecule has 1 rings (SSSR count). The van der Waals surface area contributed by atoms with Crippen LogP contribution >= 0.6 is 0 Å². The van der Waals surface area contributed by atoms with Crippen molar-refractivity contribution in [2.75, 3.05) is 32.7 Å². The fourth-order valence-electron chi connectivity index (χ4n) is 2.61. The van der Waals surface area contributed by atoms with Crippen molar-refractivity contribution in [3.8, 4) is 0 Å². The Morgan fingerprint density at radius 2 is 1.52 bits per heavy atom. The van der Waals surface area contributed by atoms with Gasteiger partial charge in [0.05, 0.1) is 0 Å². The zero-order chi connectivity index (χ0) is 17.2. The van der Waals surface area contributed by atoms with Crippen LogP contribution in [0.3, 0.4) is 0 Å². The quantitative estimate of drug-likeness (QED) is 0.386. The van der Waals surface area contributed by atoms with Crippen LogP contribution in [0.1, 0.15) is 46.0 Å². The molecule has 1 heterocycles. The van der Waals surface area contributed by atoms with Crippen LogP contribution in [0.25, 0.3) is 0 Å². The molecule has 1 fully saturated rings. The van der Waals surface area contributed by atoms with Crippen molar-refractivity contribution < 1.29 is 9.59 Å². The third-order valence-corrected chi connectivity index (χ3v) is 3.91. The van der Waals surface area contributed by atoms with E-state index in [0.29, 0.717) is 51.5 Å². The van der Waals surface area contributed by atoms with Gasteiger partial charge in [-0.3, -0.25) is 14.6 Å². The maximum Gasteiger partial charge on any atom is 0.222 e. The topological polar surface area (TPSA) is 105 Å². The standard InChI is InChI=1S/C16H31N5O2/c1-13(2)12-15(23)21-10-8-20(9-11-21)14(22)6-4-3-5-7-19-16(17)18/h13H,3-12H2,1-2H3,(H4,17,18,19). The molecule has 0 radical (unpaired) electrons. The molecule has 2 amide bonds. The Morgan fingerprint density at radius 1 is 0.957 bits per heavy atom. The first-order valence-corrected chi connectivity index (χ1v) is 8.51. The molecule has 1 aliphatic heterocycles. The molecule has 132 valence electrons. The van der Waals surface area contributed by atoms with Crippen molar-refractivity contribution in [3.05, 3.63) is 0 Å². The van der Waals surface area contributed by atoms with Gasteiger partial charge in [0.15, 0.2) is 5.96 Å². The van der Waals surface area contributed by atoms with Crippen LogP contribution in [0.5, 0.6) is 0 Å². The van der Waals surface area contributed by atoms with Crippen molar-refractivity contribution in [2.24, 2.45) is 22.4 Å². The number of amides is 2. The Morgan fingerprint density at radius 3 is 2.04 bits per heavy atom. The van der Waals surface area contributed by atoms with Crippen LogP contribution in [-0.4, -0.2) is 60.3 Å². The molecule has 0 aromatic heterocycles. The Kier molecular flexibility index (Phi) is 8.43. The van der Waals surface area contributed by atoms with Gasteiger partial charge in [0, 0.05) is 45.6 Å². The second-order valence-electron chi connectivity index (χ2n) is 6.48. The van der Waals surface area contributed by atoms with Gasteiger partial charge in [-0.15, -0.1) is 0 Å². The number of carbonyl (C=O) groups is 2. The van der Waals surface area contributed by atoms with E-state index in [1.54, 1.807) is 0 Å². The lowest BCUT2D eigenvalue weighted by atomic mass is 10.1. The van der Waals surface area contributed by atoms with Crippen LogP contribution < -0.4 is 11.5 Å². The highest BCUT2D eigenvalue weighted by molar-refractivity contribution is 5.78. The first kappa shape index (κ1) is 19.3. The van der Waals surface area contributed by atoms with Crippen LogP contribution in [-0.2, 0) is 9.59 Å². The molecule has 23 heavy (non-hydrogen) atoms. The SMILES string of the molecule is CC(C)CC(=O)N1CCN(C(=O)CCCCCN=C(N)N)CC1. The van der Waals surface area contributed by atoms with Crippen LogP contribution in [0.2, 0.25) is 0 Å². The largest absolute Gasteiger partial charge is 0.370 e. The molecule has 0 bridgehead atoms. The lowest BCUT2D eigenvalue weighted by Crippen LogP contribution is -2.50. The van der Waals surface area contributed by atoms with Gasteiger partial charge in [-0.25, -0.2) is 0 Å². The third-order valence-electron chi connectivity index (χ3n) is 3.91. The molecule has 0 aromatic carbocycles. The molecule has 4 N–H and O–H groups in total. The lowest BCUT2D eigenvalue weighted by molar-refractivity contribution is -0.140. The second-order valence-corrected chi connectivity index (χ2v) is 6.48. The Labute approximate surface area is 139 Å². The van der Waals surface area contributed by atoms with Gasteiger partial charge >= 0.3 is 0 Å². The summed E-state index contributed by atoms with van der Waals surface area (Å²) in [7, 11) is 0. The summed E-state index contributed by atoms with van der Waals surface area (Å²) < 4.78 is 0. The maximum atomic E-state index is 12.1. The number of piperazine rings is 1. The van der Waals surface area contributed by atoms with Crippen LogP contribution in [0, 0.1) is 5.92 Å². The minimum atomic E-state index is 0.117. The van der Waals surface area contributed by atoms with Gasteiger partial charge in [-0.1, -0.05) is 20.3 Å². The summed E-state index contributed by atoms with van der Waals surface area (Å²) in [6.07, 6.45) is 3.83. The molecular weight excluding hydrogens is 294 g/mol. The Hall–Kier alpha value is -1.79. The van der Waals surface area contributed by atoms with E-state index < -0.39 is 0 Å². The zero-order valence-corrected chi connectivity index (χ0v) is 14.5. The summed E-state index contributed by atoms with van der Waals surface area (Å²) in [4.78, 5) is 31.8. The lowest BCUT2D eigenvalue weighted by Gasteiger charge is -2.35. The minimum Gasteiger partial charge on any atom is -0.370 e. The molecule has 0 aliphatic carbocycles. The first-order valence-electron chi connectivity index (χ1n) is 8.51. The molecule has 1 saturated heterocycles. The fourth-order valence-corrected chi connectivity index (χ4v) is 2.61. The van der Waals surface area contributed by atoms with E-state index in [4.69, 9.17) is 11.5 Å². The second kappa shape index (κ2) is 10.1. The van der Waals surface area contributed by atoms with Gasteiger partial charge in [0.25, 0.3) is 0 Å². The smallest absolute Gasteiger partial charge is 0.222 e. The molecule has 1 aliphatic rings. The van der Waals surface area contributed by atoms with Crippen molar-refractivity contribution >= 4 is 17.8 Å². The Balaban J connectivity index is 2.17. The van der Waals surface area contributed by atoms with E-state index in [0.717, 1.165) is 19.3 Å². The van der Waals surface area contributed by atoms with Crippen molar-refractivity contribution in [1.82, 2.24) is 9.80 Å². The molecule has 7 nitrogen and oxygen atoms in total.